The van der Waals surface area contributed by atoms with E-state index in [-0.39, 0.29) is 11.5 Å². The van der Waals surface area contributed by atoms with Crippen LogP contribution in [-0.2, 0) is 0 Å². The second kappa shape index (κ2) is 6.20. The van der Waals surface area contributed by atoms with Crippen LogP contribution in [0, 0.1) is 27.8 Å². The maximum atomic E-state index is 13.3. The number of piperidine rings is 1. The Morgan fingerprint density at radius 2 is 2.00 bits per heavy atom. The van der Waals surface area contributed by atoms with Gasteiger partial charge in [-0.25, -0.2) is 0 Å². The van der Waals surface area contributed by atoms with Crippen LogP contribution in [0.15, 0.2) is 18.2 Å². The van der Waals surface area contributed by atoms with Crippen LogP contribution in [0.5, 0.6) is 0 Å². The highest BCUT2D eigenvalue weighted by atomic mass is 19.1. The molecule has 0 bridgehead atoms. The molecule has 1 heterocycles. The number of carbonyl (C=O) groups is 1. The van der Waals surface area contributed by atoms with Crippen LogP contribution in [0.4, 0.5) is 10.1 Å². The van der Waals surface area contributed by atoms with E-state index in [9.17, 15) is 19.3 Å². The fraction of sp³-hybridized carbons (Fsp3) is 0.533. The van der Waals surface area contributed by atoms with E-state index in [2.05, 4.69) is 13.8 Å². The first-order chi connectivity index (χ1) is 9.90. The Hall–Kier alpha value is -1.98. The number of nitro benzene ring substituents is 1. The van der Waals surface area contributed by atoms with Crippen LogP contribution in [0.25, 0.3) is 0 Å². The highest BCUT2D eigenvalue weighted by Crippen LogP contribution is 2.26. The van der Waals surface area contributed by atoms with Crippen molar-refractivity contribution in [3.8, 4) is 0 Å². The van der Waals surface area contributed by atoms with Crippen LogP contribution >= 0.6 is 0 Å². The normalized spacial score (nSPS) is 16.3. The van der Waals surface area contributed by atoms with E-state index in [0.717, 1.165) is 25.0 Å². The molecule has 0 atom stereocenters. The van der Waals surface area contributed by atoms with Crippen LogP contribution in [0.1, 0.15) is 37.0 Å². The molecule has 0 aromatic heterocycles. The average molecular weight is 294 g/mol. The average Bonchev–Trinajstić information content (AvgIpc) is 2.46. The van der Waals surface area contributed by atoms with Gasteiger partial charge in [-0.2, -0.15) is 4.39 Å². The van der Waals surface area contributed by atoms with Gasteiger partial charge in [0.2, 0.25) is 5.82 Å². The van der Waals surface area contributed by atoms with Crippen LogP contribution < -0.4 is 0 Å². The molecule has 1 aliphatic rings. The van der Waals surface area contributed by atoms with Gasteiger partial charge in [0.15, 0.2) is 0 Å². The van der Waals surface area contributed by atoms with Crippen LogP contribution in [0.3, 0.4) is 0 Å². The standard InChI is InChI=1S/C15H19FN2O3/c1-10(2)11-5-7-17(8-6-11)15(19)12-3-4-13(16)14(9-12)18(20)21/h3-4,9-11H,5-8H2,1-2H3. The van der Waals surface area contributed by atoms with E-state index in [4.69, 9.17) is 0 Å². The molecular weight excluding hydrogens is 275 g/mol. The van der Waals surface area contributed by atoms with Gasteiger partial charge < -0.3 is 4.90 Å². The van der Waals surface area contributed by atoms with Crippen molar-refractivity contribution in [2.75, 3.05) is 13.1 Å². The van der Waals surface area contributed by atoms with Gasteiger partial charge in [0.1, 0.15) is 0 Å². The summed E-state index contributed by atoms with van der Waals surface area (Å²) >= 11 is 0. The first kappa shape index (κ1) is 15.4. The summed E-state index contributed by atoms with van der Waals surface area (Å²) in [5, 5.41) is 10.7. The summed E-state index contributed by atoms with van der Waals surface area (Å²) in [5.74, 6) is 0.0149. The van der Waals surface area contributed by atoms with Crippen molar-refractivity contribution >= 4 is 11.6 Å². The van der Waals surface area contributed by atoms with Crippen molar-refractivity contribution in [1.29, 1.82) is 0 Å². The summed E-state index contributed by atoms with van der Waals surface area (Å²) in [5.41, 5.74) is -0.482. The molecule has 0 N–H and O–H groups in total. The molecule has 21 heavy (non-hydrogen) atoms. The van der Waals surface area contributed by atoms with Crippen molar-refractivity contribution < 1.29 is 14.1 Å². The molecule has 0 aliphatic carbocycles. The van der Waals surface area contributed by atoms with Crippen molar-refractivity contribution in [1.82, 2.24) is 4.90 Å². The van der Waals surface area contributed by atoms with Gasteiger partial charge in [0, 0.05) is 24.7 Å². The van der Waals surface area contributed by atoms with Gasteiger partial charge in [-0.05, 0) is 36.8 Å². The minimum Gasteiger partial charge on any atom is -0.339 e. The lowest BCUT2D eigenvalue weighted by atomic mass is 9.86. The molecule has 0 unspecified atom stereocenters. The number of hydrogen-bond acceptors (Lipinski definition) is 3. The van der Waals surface area contributed by atoms with E-state index in [1.807, 2.05) is 0 Å². The van der Waals surface area contributed by atoms with Gasteiger partial charge in [-0.15, -0.1) is 0 Å². The number of carbonyl (C=O) groups excluding carboxylic acids is 1. The number of likely N-dealkylation sites (tertiary alicyclic amines) is 1. The lowest BCUT2D eigenvalue weighted by Gasteiger charge is -2.33. The third-order valence-electron chi connectivity index (χ3n) is 4.16. The lowest BCUT2D eigenvalue weighted by Crippen LogP contribution is -2.39. The van der Waals surface area contributed by atoms with E-state index in [0.29, 0.717) is 24.9 Å². The smallest absolute Gasteiger partial charge is 0.305 e. The van der Waals surface area contributed by atoms with Crippen LogP contribution in [-0.4, -0.2) is 28.8 Å². The molecule has 2 rings (SSSR count). The number of nitrogens with zero attached hydrogens (tertiary/aromatic N) is 2. The topological polar surface area (TPSA) is 63.5 Å². The third-order valence-corrected chi connectivity index (χ3v) is 4.16. The number of benzene rings is 1. The molecule has 1 saturated heterocycles. The summed E-state index contributed by atoms with van der Waals surface area (Å²) in [6, 6.07) is 3.30. The largest absolute Gasteiger partial charge is 0.339 e. The fourth-order valence-electron chi connectivity index (χ4n) is 2.74. The van der Waals surface area contributed by atoms with Gasteiger partial charge in [0.25, 0.3) is 5.91 Å². The Kier molecular flexibility index (Phi) is 4.55. The molecule has 6 heteroatoms. The minimum atomic E-state index is -0.921. The Morgan fingerprint density at radius 3 is 2.52 bits per heavy atom. The first-order valence-corrected chi connectivity index (χ1v) is 7.13. The summed E-state index contributed by atoms with van der Waals surface area (Å²) in [6.45, 7) is 5.64. The highest BCUT2D eigenvalue weighted by molar-refractivity contribution is 5.94. The molecule has 1 aromatic carbocycles. The number of rotatable bonds is 3. The molecule has 5 nitrogen and oxygen atoms in total. The molecule has 1 amide bonds. The molecule has 0 radical (unpaired) electrons. The van der Waals surface area contributed by atoms with Crippen molar-refractivity contribution in [2.24, 2.45) is 11.8 Å². The van der Waals surface area contributed by atoms with Crippen molar-refractivity contribution in [3.63, 3.8) is 0 Å². The zero-order valence-electron chi connectivity index (χ0n) is 12.2. The fourth-order valence-corrected chi connectivity index (χ4v) is 2.74. The summed E-state index contributed by atoms with van der Waals surface area (Å²) in [6.07, 6.45) is 1.87. The van der Waals surface area contributed by atoms with Crippen molar-refractivity contribution in [3.05, 3.63) is 39.7 Å². The SMILES string of the molecule is CC(C)C1CCN(C(=O)c2ccc(F)c([N+](=O)[O-])c2)CC1. The number of nitro groups is 1. The van der Waals surface area contributed by atoms with Gasteiger partial charge >= 0.3 is 5.69 Å². The van der Waals surface area contributed by atoms with Gasteiger partial charge in [0.05, 0.1) is 4.92 Å². The Morgan fingerprint density at radius 1 is 1.38 bits per heavy atom. The highest BCUT2D eigenvalue weighted by Gasteiger charge is 2.26. The van der Waals surface area contributed by atoms with Crippen LogP contribution in [0.2, 0.25) is 0 Å². The molecule has 1 aliphatic heterocycles. The first-order valence-electron chi connectivity index (χ1n) is 7.13. The summed E-state index contributed by atoms with van der Waals surface area (Å²) < 4.78 is 13.3. The second-order valence-electron chi connectivity index (χ2n) is 5.80. The maximum absolute atomic E-state index is 13.3. The van der Waals surface area contributed by atoms with E-state index < -0.39 is 16.4 Å². The zero-order chi connectivity index (χ0) is 15.6. The second-order valence-corrected chi connectivity index (χ2v) is 5.80. The quantitative estimate of drug-likeness (QED) is 0.635. The molecular formula is C15H19FN2O3. The molecule has 0 saturated carbocycles. The summed E-state index contributed by atoms with van der Waals surface area (Å²) in [4.78, 5) is 24.0. The monoisotopic (exact) mass is 294 g/mol. The van der Waals surface area contributed by atoms with E-state index in [1.165, 1.54) is 6.07 Å². The minimum absolute atomic E-state index is 0.172. The van der Waals surface area contributed by atoms with Crippen molar-refractivity contribution in [2.45, 2.75) is 26.7 Å². The predicted molar refractivity (Wildman–Crippen MR) is 76.5 cm³/mol. The van der Waals surface area contributed by atoms with E-state index in [1.54, 1.807) is 4.90 Å². The zero-order valence-corrected chi connectivity index (χ0v) is 12.2. The van der Waals surface area contributed by atoms with Gasteiger partial charge in [-0.1, -0.05) is 13.8 Å². The van der Waals surface area contributed by atoms with E-state index >= 15 is 0 Å². The molecule has 114 valence electrons. The Balaban J connectivity index is 2.11. The number of halogens is 1. The number of hydrogen-bond donors (Lipinski definition) is 0. The third kappa shape index (κ3) is 3.37. The molecule has 1 aromatic rings. The van der Waals surface area contributed by atoms with Gasteiger partial charge in [-0.3, -0.25) is 14.9 Å². The lowest BCUT2D eigenvalue weighted by molar-refractivity contribution is -0.387. The summed E-state index contributed by atoms with van der Waals surface area (Å²) in [7, 11) is 0. The molecule has 1 fully saturated rings. The number of amides is 1. The Bertz CT molecular complexity index is 552. The maximum Gasteiger partial charge on any atom is 0.305 e. The predicted octanol–water partition coefficient (Wildman–Crippen LogP) is 3.24. The Labute approximate surface area is 122 Å². The molecule has 0 spiro atoms.